The Morgan fingerprint density at radius 2 is 2.08 bits per heavy atom. The zero-order chi connectivity index (χ0) is 26.0. The Kier molecular flexibility index (Phi) is 7.85. The van der Waals surface area contributed by atoms with Gasteiger partial charge >= 0.3 is 5.97 Å². The summed E-state index contributed by atoms with van der Waals surface area (Å²) in [6, 6.07) is 5.12. The summed E-state index contributed by atoms with van der Waals surface area (Å²) in [6.45, 7) is 10.5. The molecule has 3 aliphatic heterocycles. The van der Waals surface area contributed by atoms with Crippen molar-refractivity contribution in [3.63, 3.8) is 0 Å². The molecule has 0 aromatic heterocycles. The Morgan fingerprint density at radius 3 is 2.78 bits per heavy atom. The van der Waals surface area contributed by atoms with E-state index < -0.39 is 35.6 Å². The smallest absolute Gasteiger partial charge is 0.312 e. The van der Waals surface area contributed by atoms with Crippen molar-refractivity contribution in [1.82, 2.24) is 4.90 Å². The van der Waals surface area contributed by atoms with Gasteiger partial charge in [0.1, 0.15) is 11.6 Å². The molecule has 196 valence electrons. The third-order valence-corrected chi connectivity index (χ3v) is 7.88. The molecule has 3 aliphatic rings. The molecule has 5 atom stereocenters. The maximum absolute atomic E-state index is 14.4. The monoisotopic (exact) mass is 498 g/mol. The molecule has 2 amide bonds. The second kappa shape index (κ2) is 10.7. The van der Waals surface area contributed by atoms with Gasteiger partial charge in [0.2, 0.25) is 5.91 Å². The summed E-state index contributed by atoms with van der Waals surface area (Å²) in [5, 5.41) is 9.20. The molecule has 0 saturated carbocycles. The number of rotatable bonds is 11. The second-order valence-electron chi connectivity index (χ2n) is 10.2. The molecular formula is C28H38N2O6. The van der Waals surface area contributed by atoms with E-state index in [0.29, 0.717) is 32.2 Å². The van der Waals surface area contributed by atoms with E-state index in [4.69, 9.17) is 9.47 Å². The van der Waals surface area contributed by atoms with Gasteiger partial charge in [-0.25, -0.2) is 0 Å². The average molecular weight is 499 g/mol. The van der Waals surface area contributed by atoms with Gasteiger partial charge in [0, 0.05) is 25.4 Å². The number of hydrogen-bond acceptors (Lipinski definition) is 6. The maximum atomic E-state index is 14.4. The van der Waals surface area contributed by atoms with E-state index in [1.807, 2.05) is 32.0 Å². The number of carbonyl (C=O) groups excluding carboxylic acids is 3. The standard InChI is InChI=1S/C28H38N2O6/c1-5-14-29(20-17-18(3)10-11-19(20)4)26(33)24-28-13-12-21(36-28)22(27(34)35-6-2)23(28)25(32)30(24)15-8-7-9-16-31/h5,10-11,17,21-24,31H,1,6-9,12-16H2,2-4H3/t21-,22+,23-,24?,28?/m0/s1. The van der Waals surface area contributed by atoms with Crippen molar-refractivity contribution in [2.75, 3.05) is 31.2 Å². The molecule has 2 bridgehead atoms. The van der Waals surface area contributed by atoms with Crippen LogP contribution in [-0.2, 0) is 23.9 Å². The van der Waals surface area contributed by atoms with Gasteiger partial charge in [0.25, 0.3) is 5.91 Å². The molecule has 1 spiro atoms. The molecule has 1 aromatic rings. The topological polar surface area (TPSA) is 96.4 Å². The lowest BCUT2D eigenvalue weighted by Crippen LogP contribution is -2.56. The number of aryl methyl sites for hydroxylation is 2. The lowest BCUT2D eigenvalue weighted by atomic mass is 9.70. The zero-order valence-electron chi connectivity index (χ0n) is 21.6. The van der Waals surface area contributed by atoms with Crippen LogP contribution in [0.15, 0.2) is 30.9 Å². The van der Waals surface area contributed by atoms with Crippen molar-refractivity contribution >= 4 is 23.5 Å². The number of amides is 2. The first-order chi connectivity index (χ1) is 17.3. The number of nitrogens with zero attached hydrogens (tertiary/aromatic N) is 2. The van der Waals surface area contributed by atoms with Gasteiger partial charge in [-0.05, 0) is 70.1 Å². The van der Waals surface area contributed by atoms with Crippen LogP contribution in [-0.4, -0.2) is 71.8 Å². The van der Waals surface area contributed by atoms with Crippen LogP contribution in [0.5, 0.6) is 0 Å². The van der Waals surface area contributed by atoms with E-state index in [1.54, 1.807) is 22.8 Å². The average Bonchev–Trinajstić information content (AvgIpc) is 3.49. The SMILES string of the molecule is C=CCN(C(=O)C1N(CCCCCO)C(=O)[C@@H]2[C@H](C(=O)OCC)[C@@H]3CCC12O3)c1cc(C)ccc1C. The van der Waals surface area contributed by atoms with Crippen LogP contribution < -0.4 is 4.90 Å². The second-order valence-corrected chi connectivity index (χ2v) is 10.2. The number of ether oxygens (including phenoxy) is 2. The van der Waals surface area contributed by atoms with Crippen molar-refractivity contribution < 1.29 is 29.0 Å². The first-order valence-corrected chi connectivity index (χ1v) is 13.1. The highest BCUT2D eigenvalue weighted by Gasteiger charge is 2.75. The maximum Gasteiger partial charge on any atom is 0.312 e. The number of esters is 1. The zero-order valence-corrected chi connectivity index (χ0v) is 21.6. The van der Waals surface area contributed by atoms with Crippen LogP contribution in [0, 0.1) is 25.7 Å². The molecule has 0 aliphatic carbocycles. The molecule has 3 saturated heterocycles. The van der Waals surface area contributed by atoms with Crippen LogP contribution in [0.4, 0.5) is 5.69 Å². The molecule has 1 N–H and O–H groups in total. The number of likely N-dealkylation sites (tertiary alicyclic amines) is 1. The fraction of sp³-hybridized carbons (Fsp3) is 0.607. The van der Waals surface area contributed by atoms with E-state index >= 15 is 0 Å². The van der Waals surface area contributed by atoms with Gasteiger partial charge in [-0.1, -0.05) is 18.2 Å². The van der Waals surface area contributed by atoms with E-state index in [0.717, 1.165) is 23.2 Å². The van der Waals surface area contributed by atoms with Crippen LogP contribution >= 0.6 is 0 Å². The van der Waals surface area contributed by atoms with Gasteiger partial charge in [-0.3, -0.25) is 14.4 Å². The minimum atomic E-state index is -1.05. The largest absolute Gasteiger partial charge is 0.466 e. The third-order valence-electron chi connectivity index (χ3n) is 7.88. The summed E-state index contributed by atoms with van der Waals surface area (Å²) in [6.07, 6.45) is 4.44. The number of benzene rings is 1. The van der Waals surface area contributed by atoms with E-state index in [9.17, 15) is 19.5 Å². The van der Waals surface area contributed by atoms with E-state index in [-0.39, 0.29) is 31.6 Å². The predicted molar refractivity (Wildman–Crippen MR) is 135 cm³/mol. The summed E-state index contributed by atoms with van der Waals surface area (Å²) in [7, 11) is 0. The van der Waals surface area contributed by atoms with Gasteiger partial charge < -0.3 is 24.4 Å². The van der Waals surface area contributed by atoms with Gasteiger partial charge in [-0.2, -0.15) is 0 Å². The number of carbonyl (C=O) groups is 3. The Labute approximate surface area is 213 Å². The first kappa shape index (κ1) is 26.4. The number of anilines is 1. The Bertz CT molecular complexity index is 1030. The number of unbranched alkanes of at least 4 members (excludes halogenated alkanes) is 2. The molecule has 2 unspecified atom stereocenters. The minimum Gasteiger partial charge on any atom is -0.466 e. The number of fused-ring (bicyclic) bond motifs is 1. The molecule has 4 rings (SSSR count). The summed E-state index contributed by atoms with van der Waals surface area (Å²) in [4.78, 5) is 44.6. The molecule has 8 nitrogen and oxygen atoms in total. The lowest BCUT2D eigenvalue weighted by Gasteiger charge is -2.37. The van der Waals surface area contributed by atoms with Gasteiger partial charge in [0.05, 0.1) is 24.5 Å². The summed E-state index contributed by atoms with van der Waals surface area (Å²) in [5.41, 5.74) is 1.70. The quantitative estimate of drug-likeness (QED) is 0.286. The highest BCUT2D eigenvalue weighted by molar-refractivity contribution is 6.05. The van der Waals surface area contributed by atoms with E-state index in [1.165, 1.54) is 0 Å². The van der Waals surface area contributed by atoms with Crippen molar-refractivity contribution in [2.45, 2.75) is 70.6 Å². The van der Waals surface area contributed by atoms with Crippen LogP contribution in [0.1, 0.15) is 50.2 Å². The molecule has 8 heteroatoms. The molecule has 3 heterocycles. The fourth-order valence-electron chi connectivity index (χ4n) is 6.34. The van der Waals surface area contributed by atoms with Crippen LogP contribution in [0.2, 0.25) is 0 Å². The molecule has 1 aromatic carbocycles. The van der Waals surface area contributed by atoms with Crippen molar-refractivity contribution in [3.8, 4) is 0 Å². The van der Waals surface area contributed by atoms with Crippen molar-refractivity contribution in [3.05, 3.63) is 42.0 Å². The molecular weight excluding hydrogens is 460 g/mol. The van der Waals surface area contributed by atoms with Crippen LogP contribution in [0.3, 0.4) is 0 Å². The van der Waals surface area contributed by atoms with E-state index in [2.05, 4.69) is 6.58 Å². The molecule has 0 radical (unpaired) electrons. The Hall–Kier alpha value is -2.71. The normalized spacial score (nSPS) is 28.3. The minimum absolute atomic E-state index is 0.0817. The summed E-state index contributed by atoms with van der Waals surface area (Å²) in [5.74, 6) is -2.28. The highest BCUT2D eigenvalue weighted by Crippen LogP contribution is 2.59. The lowest BCUT2D eigenvalue weighted by molar-refractivity contribution is -0.154. The number of aliphatic hydroxyl groups is 1. The third kappa shape index (κ3) is 4.34. The number of aliphatic hydroxyl groups excluding tert-OH is 1. The summed E-state index contributed by atoms with van der Waals surface area (Å²) < 4.78 is 11.8. The van der Waals surface area contributed by atoms with Gasteiger partial charge in [0.15, 0.2) is 0 Å². The Balaban J connectivity index is 1.75. The van der Waals surface area contributed by atoms with Crippen molar-refractivity contribution in [2.24, 2.45) is 11.8 Å². The fourth-order valence-corrected chi connectivity index (χ4v) is 6.34. The predicted octanol–water partition coefficient (Wildman–Crippen LogP) is 2.92. The highest BCUT2D eigenvalue weighted by atomic mass is 16.6. The van der Waals surface area contributed by atoms with Crippen LogP contribution in [0.25, 0.3) is 0 Å². The number of hydrogen-bond donors (Lipinski definition) is 1. The first-order valence-electron chi connectivity index (χ1n) is 13.1. The van der Waals surface area contributed by atoms with Crippen molar-refractivity contribution in [1.29, 1.82) is 0 Å². The summed E-state index contributed by atoms with van der Waals surface area (Å²) >= 11 is 0. The Morgan fingerprint density at radius 1 is 1.31 bits per heavy atom. The molecule has 36 heavy (non-hydrogen) atoms. The molecule has 3 fully saturated rings. The van der Waals surface area contributed by atoms with Gasteiger partial charge in [-0.15, -0.1) is 6.58 Å².